The Bertz CT molecular complexity index is 517. The van der Waals surface area contributed by atoms with Crippen molar-refractivity contribution in [1.29, 1.82) is 0 Å². The van der Waals surface area contributed by atoms with Crippen LogP contribution in [-0.2, 0) is 25.5 Å². The number of halogens is 1. The number of carboxylic acid groups (broad SMARTS) is 1. The highest BCUT2D eigenvalue weighted by Gasteiger charge is 2.24. The summed E-state index contributed by atoms with van der Waals surface area (Å²) in [7, 11) is 0. The molecule has 0 bridgehead atoms. The fraction of sp³-hybridized carbons (Fsp3) is 0.308. The van der Waals surface area contributed by atoms with Gasteiger partial charge in [0, 0.05) is 10.9 Å². The Balaban J connectivity index is 2.73. The Kier molecular flexibility index (Phi) is 6.17. The number of esters is 1. The number of hydrogen-bond acceptors (Lipinski definition) is 4. The molecular weight excluding hydrogens is 330 g/mol. The summed E-state index contributed by atoms with van der Waals surface area (Å²) in [6.45, 7) is 1.61. The van der Waals surface area contributed by atoms with Crippen molar-refractivity contribution in [3.05, 3.63) is 34.3 Å². The maximum Gasteiger partial charge on any atom is 0.396 e. The van der Waals surface area contributed by atoms with Crippen molar-refractivity contribution in [2.75, 3.05) is 6.61 Å². The summed E-state index contributed by atoms with van der Waals surface area (Å²) >= 11 is 3.27. The number of rotatable bonds is 5. The molecule has 108 valence electrons. The predicted molar refractivity (Wildman–Crippen MR) is 74.0 cm³/mol. The van der Waals surface area contributed by atoms with Crippen LogP contribution in [0.4, 0.5) is 0 Å². The lowest BCUT2D eigenvalue weighted by atomic mass is 10.1. The maximum atomic E-state index is 11.4. The molecule has 0 aliphatic carbocycles. The van der Waals surface area contributed by atoms with Gasteiger partial charge in [-0.05, 0) is 24.6 Å². The summed E-state index contributed by atoms with van der Waals surface area (Å²) in [6.07, 6.45) is 0.0694. The lowest BCUT2D eigenvalue weighted by Gasteiger charge is -2.14. The van der Waals surface area contributed by atoms with E-state index in [1.165, 1.54) is 0 Å². The van der Waals surface area contributed by atoms with Gasteiger partial charge in [0.2, 0.25) is 0 Å². The lowest BCUT2D eigenvalue weighted by Crippen LogP contribution is -2.45. The second kappa shape index (κ2) is 7.64. The van der Waals surface area contributed by atoms with Crippen molar-refractivity contribution in [3.63, 3.8) is 0 Å². The molecular formula is C13H14BrNO5. The summed E-state index contributed by atoms with van der Waals surface area (Å²) in [4.78, 5) is 33.7. The molecule has 1 unspecified atom stereocenters. The molecule has 0 spiro atoms. The van der Waals surface area contributed by atoms with Crippen molar-refractivity contribution in [2.24, 2.45) is 0 Å². The van der Waals surface area contributed by atoms with E-state index >= 15 is 0 Å². The first-order valence-electron chi connectivity index (χ1n) is 5.89. The number of benzene rings is 1. The number of hydrogen-bond donors (Lipinski definition) is 2. The molecule has 0 aromatic heterocycles. The first-order chi connectivity index (χ1) is 9.43. The molecule has 1 rings (SSSR count). The fourth-order valence-electron chi connectivity index (χ4n) is 1.51. The SMILES string of the molecule is CCOC(=O)C(=O)NC(Cc1cccc(Br)c1)C(=O)O. The second-order valence-electron chi connectivity index (χ2n) is 3.92. The number of ether oxygens (including phenoxy) is 1. The molecule has 6 nitrogen and oxygen atoms in total. The molecule has 1 atom stereocenters. The highest BCUT2D eigenvalue weighted by Crippen LogP contribution is 2.13. The van der Waals surface area contributed by atoms with E-state index in [0.717, 1.165) is 10.0 Å². The van der Waals surface area contributed by atoms with Gasteiger partial charge in [-0.15, -0.1) is 0 Å². The lowest BCUT2D eigenvalue weighted by molar-refractivity contribution is -0.155. The molecule has 0 heterocycles. The fourth-order valence-corrected chi connectivity index (χ4v) is 1.96. The Morgan fingerprint density at radius 2 is 2.10 bits per heavy atom. The average Bonchev–Trinajstić information content (AvgIpc) is 2.38. The van der Waals surface area contributed by atoms with Crippen LogP contribution in [0.2, 0.25) is 0 Å². The molecule has 2 N–H and O–H groups in total. The Labute approximate surface area is 124 Å². The van der Waals surface area contributed by atoms with Gasteiger partial charge >= 0.3 is 17.8 Å². The Morgan fingerprint density at radius 3 is 2.65 bits per heavy atom. The van der Waals surface area contributed by atoms with Gasteiger partial charge in [0.15, 0.2) is 0 Å². The number of carboxylic acids is 1. The molecule has 0 fully saturated rings. The standard InChI is InChI=1S/C13H14BrNO5/c1-2-20-13(19)11(16)15-10(12(17)18)7-8-4-3-5-9(14)6-8/h3-6,10H,2,7H2,1H3,(H,15,16)(H,17,18). The van der Waals surface area contributed by atoms with Crippen LogP contribution in [-0.4, -0.2) is 35.6 Å². The van der Waals surface area contributed by atoms with E-state index in [4.69, 9.17) is 5.11 Å². The molecule has 1 amide bonds. The molecule has 1 aromatic carbocycles. The molecule has 0 aliphatic heterocycles. The number of carbonyl (C=O) groups is 3. The zero-order valence-corrected chi connectivity index (χ0v) is 12.3. The zero-order valence-electron chi connectivity index (χ0n) is 10.8. The largest absolute Gasteiger partial charge is 0.480 e. The van der Waals surface area contributed by atoms with Gasteiger partial charge < -0.3 is 15.2 Å². The van der Waals surface area contributed by atoms with E-state index in [1.807, 2.05) is 0 Å². The molecule has 0 aliphatic rings. The third-order valence-corrected chi connectivity index (χ3v) is 2.89. The summed E-state index contributed by atoms with van der Waals surface area (Å²) in [6, 6.07) is 5.84. The van der Waals surface area contributed by atoms with Crippen molar-refractivity contribution < 1.29 is 24.2 Å². The summed E-state index contributed by atoms with van der Waals surface area (Å²) in [5, 5.41) is 11.2. The molecule has 0 saturated carbocycles. The normalized spacial score (nSPS) is 11.5. The first-order valence-corrected chi connectivity index (χ1v) is 6.68. The van der Waals surface area contributed by atoms with Crippen LogP contribution in [0, 0.1) is 0 Å². The number of aliphatic carboxylic acids is 1. The van der Waals surface area contributed by atoms with Gasteiger partial charge in [0.1, 0.15) is 6.04 Å². The molecule has 1 aromatic rings. The van der Waals surface area contributed by atoms with Crippen LogP contribution in [0.5, 0.6) is 0 Å². The highest BCUT2D eigenvalue weighted by atomic mass is 79.9. The number of nitrogens with one attached hydrogen (secondary N) is 1. The van der Waals surface area contributed by atoms with Gasteiger partial charge in [-0.1, -0.05) is 28.1 Å². The quantitative estimate of drug-likeness (QED) is 0.617. The topological polar surface area (TPSA) is 92.7 Å². The van der Waals surface area contributed by atoms with Crippen molar-refractivity contribution in [2.45, 2.75) is 19.4 Å². The highest BCUT2D eigenvalue weighted by molar-refractivity contribution is 9.10. The summed E-state index contributed by atoms with van der Waals surface area (Å²) < 4.78 is 5.30. The minimum atomic E-state index is -1.22. The Morgan fingerprint density at radius 1 is 1.40 bits per heavy atom. The summed E-state index contributed by atoms with van der Waals surface area (Å²) in [5.41, 5.74) is 0.718. The van der Waals surface area contributed by atoms with Crippen molar-refractivity contribution in [1.82, 2.24) is 5.32 Å². The van der Waals surface area contributed by atoms with Crippen LogP contribution in [0.25, 0.3) is 0 Å². The predicted octanol–water partition coefficient (Wildman–Crippen LogP) is 1.12. The smallest absolute Gasteiger partial charge is 0.396 e. The van der Waals surface area contributed by atoms with Crippen LogP contribution in [0.15, 0.2) is 28.7 Å². The van der Waals surface area contributed by atoms with Crippen LogP contribution < -0.4 is 5.32 Å². The van der Waals surface area contributed by atoms with Crippen molar-refractivity contribution >= 4 is 33.8 Å². The van der Waals surface area contributed by atoms with E-state index in [0.29, 0.717) is 0 Å². The van der Waals surface area contributed by atoms with E-state index in [-0.39, 0.29) is 13.0 Å². The van der Waals surface area contributed by atoms with E-state index in [9.17, 15) is 14.4 Å². The first kappa shape index (κ1) is 16.2. The Hall–Kier alpha value is -1.89. The summed E-state index contributed by atoms with van der Waals surface area (Å²) in [5.74, 6) is -3.37. The average molecular weight is 344 g/mol. The van der Waals surface area contributed by atoms with Crippen LogP contribution in [0.1, 0.15) is 12.5 Å². The minimum absolute atomic E-state index is 0.0512. The van der Waals surface area contributed by atoms with Crippen LogP contribution in [0.3, 0.4) is 0 Å². The maximum absolute atomic E-state index is 11.4. The van der Waals surface area contributed by atoms with Gasteiger partial charge in [0.05, 0.1) is 6.61 Å². The van der Waals surface area contributed by atoms with E-state index in [1.54, 1.807) is 31.2 Å². The zero-order chi connectivity index (χ0) is 15.1. The minimum Gasteiger partial charge on any atom is -0.480 e. The molecule has 0 saturated heterocycles. The van der Waals surface area contributed by atoms with E-state index < -0.39 is 23.9 Å². The third-order valence-electron chi connectivity index (χ3n) is 2.39. The third kappa shape index (κ3) is 5.00. The van der Waals surface area contributed by atoms with Gasteiger partial charge in [0.25, 0.3) is 0 Å². The van der Waals surface area contributed by atoms with E-state index in [2.05, 4.69) is 26.0 Å². The molecule has 7 heteroatoms. The van der Waals surface area contributed by atoms with Crippen LogP contribution >= 0.6 is 15.9 Å². The van der Waals surface area contributed by atoms with Gasteiger partial charge in [-0.3, -0.25) is 4.79 Å². The number of carbonyl (C=O) groups excluding carboxylic acids is 2. The monoisotopic (exact) mass is 343 g/mol. The van der Waals surface area contributed by atoms with Gasteiger partial charge in [-0.25, -0.2) is 9.59 Å². The van der Waals surface area contributed by atoms with Crippen molar-refractivity contribution in [3.8, 4) is 0 Å². The van der Waals surface area contributed by atoms with Gasteiger partial charge in [-0.2, -0.15) is 0 Å². The molecule has 0 radical (unpaired) electrons. The molecule has 20 heavy (non-hydrogen) atoms. The second-order valence-corrected chi connectivity index (χ2v) is 4.83. The number of amides is 1.